The average Bonchev–Trinajstić information content (AvgIpc) is 1.61. The van der Waals surface area contributed by atoms with Crippen molar-refractivity contribution in [1.82, 2.24) is 41.5 Å². The number of rotatable bonds is 34. The largest absolute Gasteiger partial charge is 0.494 e. The van der Waals surface area contributed by atoms with Crippen molar-refractivity contribution < 1.29 is 93.7 Å². The molecular weight excluding hydrogens is 1470 g/mol. The Balaban J connectivity index is 0.711. The molecule has 0 spiro atoms. The number of anilines is 7. The van der Waals surface area contributed by atoms with Crippen LogP contribution in [-0.2, 0) is 68.5 Å². The standard InChI is InChI=1S/C72H89F2N15O18S2/c1-5-23-76-70(98)82-50-12-9-14-54(39-50)109(102,103)87-51-13-8-11-46(36-51)57(40-62(91)92)84-72(100)81-49-19-17-48(18-20-49)80-71(99)77-25-29-105-31-33-106-32-30-104-28-22-61(90)83-59(41-63(93)94)68(97)89-26-10-15-60(89)66(95)85-64(44(2)3)67(96)88-108(4,101)43-45-34-52-38-53(35-45)107-27-7-6-24-75-58-37-47(16-21-55(58)73)65-56(74)42-78-69(79-52)86-65/h8-9,11-14,16-21,34-39,42,44,57,59-60,64,75,87H,5-7,10,15,22-33,40-41,43H2,1-4H3,(H,83,90)(H,85,95)(H,91,92)(H,93,94)(H2,76,82,98)(H2,77,80,99)(H,78,79,86)(H2,81,84,100)/t57-,59+,60+,64+,108-/m1/s1. The number of aromatic nitrogens is 2. The molecule has 1 aromatic heterocycles. The number of benzene rings is 5. The van der Waals surface area contributed by atoms with Gasteiger partial charge in [0.2, 0.25) is 23.7 Å². The molecule has 6 bridgehead atoms. The smallest absolute Gasteiger partial charge is 0.319 e. The number of amides is 10. The number of hydrogen-bond acceptors (Lipinski definition) is 20. The van der Waals surface area contributed by atoms with Crippen molar-refractivity contribution in [3.8, 4) is 17.0 Å². The normalized spacial score (nSPS) is 14.8. The molecule has 0 radical (unpaired) electrons. The minimum atomic E-state index is -4.19. The van der Waals surface area contributed by atoms with Crippen LogP contribution in [0.3, 0.4) is 0 Å². The van der Waals surface area contributed by atoms with E-state index in [2.05, 4.69) is 72.2 Å². The Kier molecular flexibility index (Phi) is 31.2. The molecule has 1 saturated heterocycles. The van der Waals surface area contributed by atoms with Crippen molar-refractivity contribution in [1.29, 1.82) is 0 Å². The Morgan fingerprint density at radius 3 is 2.08 bits per heavy atom. The first-order chi connectivity index (χ1) is 52.1. The quantitative estimate of drug-likeness (QED) is 0.0171. The van der Waals surface area contributed by atoms with Crippen molar-refractivity contribution in [2.24, 2.45) is 10.3 Å². The van der Waals surface area contributed by atoms with Gasteiger partial charge in [-0.25, -0.2) is 45.8 Å². The Hall–Kier alpha value is -11.2. The minimum absolute atomic E-state index is 0.0165. The molecule has 5 aromatic carbocycles. The molecule has 2 aliphatic heterocycles. The van der Waals surface area contributed by atoms with Crippen molar-refractivity contribution >= 4 is 113 Å². The number of likely N-dealkylation sites (tertiary alicyclic amines) is 1. The van der Waals surface area contributed by atoms with Gasteiger partial charge < -0.3 is 87.2 Å². The third-order valence-electron chi connectivity index (χ3n) is 16.5. The third-order valence-corrected chi connectivity index (χ3v) is 19.3. The number of halogens is 2. The summed E-state index contributed by atoms with van der Waals surface area (Å²) >= 11 is 0. The van der Waals surface area contributed by atoms with Crippen LogP contribution in [-0.4, -0.2) is 188 Å². The van der Waals surface area contributed by atoms with Crippen LogP contribution in [0.15, 0.2) is 125 Å². The summed E-state index contributed by atoms with van der Waals surface area (Å²) in [5.74, 6) is -7.61. The van der Waals surface area contributed by atoms with Gasteiger partial charge in [-0.15, -0.1) is 0 Å². The number of nitrogens with one attached hydrogen (secondary N) is 11. The predicted octanol–water partition coefficient (Wildman–Crippen LogP) is 7.90. The van der Waals surface area contributed by atoms with Gasteiger partial charge >= 0.3 is 30.0 Å². The molecule has 33 nitrogen and oxygen atoms in total. The first-order valence-electron chi connectivity index (χ1n) is 35.0. The maximum Gasteiger partial charge on any atom is 0.319 e. The van der Waals surface area contributed by atoms with Crippen LogP contribution in [0.5, 0.6) is 5.75 Å². The van der Waals surface area contributed by atoms with E-state index < -0.39 is 128 Å². The summed E-state index contributed by atoms with van der Waals surface area (Å²) in [6, 6.07) is 19.4. The Morgan fingerprint density at radius 1 is 0.706 bits per heavy atom. The first-order valence-corrected chi connectivity index (χ1v) is 38.6. The molecular formula is C72H89F2N15O18S2. The fourth-order valence-corrected chi connectivity index (χ4v) is 13.7. The highest BCUT2D eigenvalue weighted by Crippen LogP contribution is 2.31. The fourth-order valence-electron chi connectivity index (χ4n) is 11.3. The molecule has 5 atom stereocenters. The maximum atomic E-state index is 15.1. The molecule has 0 saturated carbocycles. The molecule has 2 aliphatic rings. The number of carboxylic acid groups (broad SMARTS) is 2. The highest BCUT2D eigenvalue weighted by molar-refractivity contribution is 7.93. The van der Waals surface area contributed by atoms with Crippen LogP contribution in [0, 0.1) is 17.6 Å². The van der Waals surface area contributed by atoms with E-state index in [1.807, 2.05) is 6.92 Å². The summed E-state index contributed by atoms with van der Waals surface area (Å²) in [4.78, 5) is 126. The summed E-state index contributed by atoms with van der Waals surface area (Å²) in [6.45, 7) is 6.85. The van der Waals surface area contributed by atoms with Gasteiger partial charge in [-0.2, -0.15) is 4.36 Å². The zero-order valence-corrected chi connectivity index (χ0v) is 61.9. The van der Waals surface area contributed by atoms with E-state index in [9.17, 15) is 70.4 Å². The molecule has 13 N–H and O–H groups in total. The molecule has 0 unspecified atom stereocenters. The lowest BCUT2D eigenvalue weighted by atomic mass is 10.0. The van der Waals surface area contributed by atoms with Crippen molar-refractivity contribution in [2.45, 2.75) is 107 Å². The van der Waals surface area contributed by atoms with E-state index in [0.29, 0.717) is 67.0 Å². The summed E-state index contributed by atoms with van der Waals surface area (Å²) in [5.41, 5.74) is 2.42. The summed E-state index contributed by atoms with van der Waals surface area (Å²) in [5, 5.41) is 46.3. The van der Waals surface area contributed by atoms with E-state index in [4.69, 9.17) is 18.9 Å². The number of ether oxygens (including phenoxy) is 4. The van der Waals surface area contributed by atoms with Crippen LogP contribution in [0.2, 0.25) is 0 Å². The molecule has 6 aromatic rings. The second kappa shape index (κ2) is 40.7. The molecule has 1 fully saturated rings. The number of carbonyl (C=O) groups is 9. The fraction of sp³-hybridized carbons (Fsp3) is 0.403. The molecule has 37 heteroatoms. The van der Waals surface area contributed by atoms with Crippen LogP contribution in [0.4, 0.5) is 63.2 Å². The number of hydrogen-bond donors (Lipinski definition) is 13. The molecule has 0 aliphatic carbocycles. The zero-order valence-electron chi connectivity index (χ0n) is 60.3. The Labute approximate surface area is 628 Å². The molecule has 586 valence electrons. The highest BCUT2D eigenvalue weighted by Gasteiger charge is 2.40. The average molecular weight is 1550 g/mol. The first kappa shape index (κ1) is 83.5. The van der Waals surface area contributed by atoms with Gasteiger partial charge in [0.15, 0.2) is 5.82 Å². The number of carbonyl (C=O) groups excluding carboxylic acids is 7. The molecule has 10 amide bonds. The topological polar surface area (TPSA) is 456 Å². The van der Waals surface area contributed by atoms with E-state index in [-0.39, 0.29) is 123 Å². The van der Waals surface area contributed by atoms with Gasteiger partial charge in [0.25, 0.3) is 15.9 Å². The van der Waals surface area contributed by atoms with Crippen LogP contribution >= 0.6 is 0 Å². The Bertz CT molecular complexity index is 4480. The number of fused-ring (bicyclic) bond motifs is 7. The lowest BCUT2D eigenvalue weighted by Gasteiger charge is -2.29. The molecule has 3 heterocycles. The van der Waals surface area contributed by atoms with Crippen molar-refractivity contribution in [3.05, 3.63) is 138 Å². The van der Waals surface area contributed by atoms with Crippen molar-refractivity contribution in [3.63, 3.8) is 0 Å². The number of sulfonamides is 1. The van der Waals surface area contributed by atoms with Crippen molar-refractivity contribution in [2.75, 3.05) is 110 Å². The Morgan fingerprint density at radius 2 is 1.38 bits per heavy atom. The second-order valence-electron chi connectivity index (χ2n) is 25.7. The minimum Gasteiger partial charge on any atom is -0.494 e. The maximum absolute atomic E-state index is 15.1. The van der Waals surface area contributed by atoms with Gasteiger partial charge in [0.1, 0.15) is 35.4 Å². The third kappa shape index (κ3) is 26.9. The molecule has 109 heavy (non-hydrogen) atoms. The number of aliphatic carboxylic acids is 2. The van der Waals surface area contributed by atoms with Gasteiger partial charge in [0, 0.05) is 78.9 Å². The number of carboxylic acids is 2. The predicted molar refractivity (Wildman–Crippen MR) is 400 cm³/mol. The monoisotopic (exact) mass is 1550 g/mol. The van der Waals surface area contributed by atoms with Gasteiger partial charge in [0.05, 0.1) is 97.4 Å². The van der Waals surface area contributed by atoms with Gasteiger partial charge in [-0.1, -0.05) is 39.0 Å². The van der Waals surface area contributed by atoms with Crippen LogP contribution in [0.25, 0.3) is 11.3 Å². The van der Waals surface area contributed by atoms with Crippen LogP contribution < -0.4 is 62.6 Å². The van der Waals surface area contributed by atoms with Gasteiger partial charge in [-0.3, -0.25) is 33.5 Å². The van der Waals surface area contributed by atoms with E-state index >= 15 is 4.39 Å². The second-order valence-corrected chi connectivity index (χ2v) is 29.7. The lowest BCUT2D eigenvalue weighted by Crippen LogP contribution is -2.56. The van der Waals surface area contributed by atoms with Gasteiger partial charge in [-0.05, 0) is 134 Å². The number of urea groups is 3. The summed E-state index contributed by atoms with van der Waals surface area (Å²) in [6.07, 6.45) is 2.96. The molecule has 8 rings (SSSR count). The summed E-state index contributed by atoms with van der Waals surface area (Å²) in [7, 11) is -7.59. The van der Waals surface area contributed by atoms with Crippen LogP contribution in [0.1, 0.15) is 89.3 Å². The van der Waals surface area contributed by atoms with E-state index in [0.717, 1.165) is 11.1 Å². The lowest BCUT2D eigenvalue weighted by molar-refractivity contribution is -0.146. The van der Waals surface area contributed by atoms with E-state index in [1.165, 1.54) is 97.3 Å². The zero-order chi connectivity index (χ0) is 78.6. The number of nitrogens with zero attached hydrogens (tertiary/aromatic N) is 4. The van der Waals surface area contributed by atoms with E-state index in [1.54, 1.807) is 32.0 Å². The SMILES string of the molecule is CCCNC(=O)Nc1cccc(S(=O)(=O)Nc2cccc([C@@H](CC(=O)O)NC(=O)Nc3ccc(NC(=O)NCCOCCOCCOCCC(=O)N[C@@H](CC(=O)O)C(=O)N4CCC[C@H]4C(=O)N[C@H](C(=O)N=[S@](C)(=O)Cc4cc5cc(c4)OCCCCNc4cc(ccc4F)-c4nc(ncc4F)N5)C(C)C)cc3)c2)c1. The summed E-state index contributed by atoms with van der Waals surface area (Å²) < 4.78 is 99.9. The highest BCUT2D eigenvalue weighted by atomic mass is 32.2.